The molecule has 0 atom stereocenters. The van der Waals surface area contributed by atoms with Crippen LogP contribution in [0.1, 0.15) is 44.9 Å². The Bertz CT molecular complexity index is 455. The lowest BCUT2D eigenvalue weighted by Crippen LogP contribution is -2.54. The van der Waals surface area contributed by atoms with Crippen molar-refractivity contribution in [3.63, 3.8) is 0 Å². The van der Waals surface area contributed by atoms with Crippen LogP contribution in [0.15, 0.2) is 4.99 Å². The van der Waals surface area contributed by atoms with Crippen molar-refractivity contribution >= 4 is 35.8 Å². The number of carbonyl (C=O) groups excluding carboxylic acids is 1. The fraction of sp³-hybridized carbons (Fsp3) is 0.895. The molecular weight excluding hydrogens is 441 g/mol. The Hall–Kier alpha value is -0.570. The smallest absolute Gasteiger partial charge is 0.236 e. The van der Waals surface area contributed by atoms with Gasteiger partial charge in [0.05, 0.1) is 6.54 Å². The minimum absolute atomic E-state index is 0. The SMILES string of the molecule is CN=C(NCCCC1CC1)N1CCN(CC(=O)N2CCCCC2)CC1.I. The van der Waals surface area contributed by atoms with E-state index in [1.54, 1.807) is 0 Å². The summed E-state index contributed by atoms with van der Waals surface area (Å²) in [6.07, 6.45) is 9.09. The topological polar surface area (TPSA) is 51.2 Å². The maximum absolute atomic E-state index is 12.4. The number of hydrogen-bond donors (Lipinski definition) is 1. The van der Waals surface area contributed by atoms with Crippen LogP contribution < -0.4 is 5.32 Å². The van der Waals surface area contributed by atoms with E-state index in [9.17, 15) is 4.79 Å². The Labute approximate surface area is 175 Å². The van der Waals surface area contributed by atoms with Crippen LogP contribution in [0.5, 0.6) is 0 Å². The molecular formula is C19H36IN5O. The predicted molar refractivity (Wildman–Crippen MR) is 117 cm³/mol. The van der Waals surface area contributed by atoms with Gasteiger partial charge in [0.15, 0.2) is 5.96 Å². The van der Waals surface area contributed by atoms with Gasteiger partial charge >= 0.3 is 0 Å². The number of likely N-dealkylation sites (tertiary alicyclic amines) is 1. The number of nitrogens with zero attached hydrogens (tertiary/aromatic N) is 4. The highest BCUT2D eigenvalue weighted by atomic mass is 127. The number of carbonyl (C=O) groups is 1. The lowest BCUT2D eigenvalue weighted by atomic mass is 10.1. The van der Waals surface area contributed by atoms with E-state index in [1.807, 2.05) is 7.05 Å². The largest absolute Gasteiger partial charge is 0.356 e. The number of nitrogens with one attached hydrogen (secondary N) is 1. The van der Waals surface area contributed by atoms with Gasteiger partial charge in [-0.15, -0.1) is 24.0 Å². The first-order valence-electron chi connectivity index (χ1n) is 10.2. The second-order valence-corrected chi connectivity index (χ2v) is 7.76. The number of aliphatic imine (C=N–C) groups is 1. The first-order valence-corrected chi connectivity index (χ1v) is 10.2. The Morgan fingerprint density at radius 1 is 1.00 bits per heavy atom. The summed E-state index contributed by atoms with van der Waals surface area (Å²) >= 11 is 0. The van der Waals surface area contributed by atoms with E-state index in [-0.39, 0.29) is 24.0 Å². The molecule has 0 aromatic heterocycles. The zero-order chi connectivity index (χ0) is 17.5. The lowest BCUT2D eigenvalue weighted by molar-refractivity contribution is -0.133. The summed E-state index contributed by atoms with van der Waals surface area (Å²) in [6.45, 7) is 7.32. The standard InChI is InChI=1S/C19H35N5O.HI/c1-20-19(21-9-5-6-17-7-8-17)24-14-12-22(13-15-24)16-18(25)23-10-3-2-4-11-23;/h17H,2-16H2,1H3,(H,20,21);1H. The molecule has 6 nitrogen and oxygen atoms in total. The fourth-order valence-electron chi connectivity index (χ4n) is 3.88. The van der Waals surface area contributed by atoms with Gasteiger partial charge < -0.3 is 15.1 Å². The second-order valence-electron chi connectivity index (χ2n) is 7.76. The fourth-order valence-corrected chi connectivity index (χ4v) is 3.88. The number of hydrogen-bond acceptors (Lipinski definition) is 3. The van der Waals surface area contributed by atoms with Crippen LogP contribution in [0.4, 0.5) is 0 Å². The lowest BCUT2D eigenvalue weighted by Gasteiger charge is -2.37. The Balaban J connectivity index is 0.00000243. The van der Waals surface area contributed by atoms with Gasteiger partial charge in [-0.05, 0) is 38.0 Å². The van der Waals surface area contributed by atoms with Crippen molar-refractivity contribution in [2.45, 2.75) is 44.9 Å². The Morgan fingerprint density at radius 2 is 1.69 bits per heavy atom. The Kier molecular flexibility index (Phi) is 9.45. The quantitative estimate of drug-likeness (QED) is 0.275. The van der Waals surface area contributed by atoms with Crippen molar-refractivity contribution in [1.29, 1.82) is 0 Å². The number of rotatable bonds is 6. The monoisotopic (exact) mass is 477 g/mol. The summed E-state index contributed by atoms with van der Waals surface area (Å²) < 4.78 is 0. The van der Waals surface area contributed by atoms with Gasteiger partial charge in [0.25, 0.3) is 0 Å². The van der Waals surface area contributed by atoms with Crippen LogP contribution in [0.3, 0.4) is 0 Å². The summed E-state index contributed by atoms with van der Waals surface area (Å²) in [5, 5.41) is 3.51. The highest BCUT2D eigenvalue weighted by Gasteiger charge is 2.24. The maximum Gasteiger partial charge on any atom is 0.236 e. The number of halogens is 1. The molecule has 1 aliphatic carbocycles. The zero-order valence-electron chi connectivity index (χ0n) is 16.3. The van der Waals surface area contributed by atoms with Gasteiger partial charge in [-0.1, -0.05) is 12.8 Å². The minimum atomic E-state index is 0. The third-order valence-electron chi connectivity index (χ3n) is 5.72. The summed E-state index contributed by atoms with van der Waals surface area (Å²) in [7, 11) is 1.87. The first kappa shape index (κ1) is 21.7. The molecule has 1 amide bonds. The van der Waals surface area contributed by atoms with Gasteiger partial charge in [-0.3, -0.25) is 14.7 Å². The van der Waals surface area contributed by atoms with Gasteiger partial charge in [0.2, 0.25) is 5.91 Å². The van der Waals surface area contributed by atoms with E-state index in [0.29, 0.717) is 12.5 Å². The summed E-state index contributed by atoms with van der Waals surface area (Å²) in [4.78, 5) is 23.5. The van der Waals surface area contributed by atoms with E-state index in [4.69, 9.17) is 0 Å². The van der Waals surface area contributed by atoms with Crippen molar-refractivity contribution in [2.24, 2.45) is 10.9 Å². The van der Waals surface area contributed by atoms with Crippen molar-refractivity contribution in [1.82, 2.24) is 20.0 Å². The molecule has 3 aliphatic rings. The summed E-state index contributed by atoms with van der Waals surface area (Å²) in [6, 6.07) is 0. The number of amides is 1. The molecule has 2 heterocycles. The molecule has 0 spiro atoms. The van der Waals surface area contributed by atoms with E-state index in [2.05, 4.69) is 25.0 Å². The van der Waals surface area contributed by atoms with Crippen LogP contribution >= 0.6 is 24.0 Å². The number of guanidine groups is 1. The molecule has 0 aromatic rings. The average molecular weight is 477 g/mol. The molecule has 150 valence electrons. The molecule has 2 aliphatic heterocycles. The van der Waals surface area contributed by atoms with Crippen molar-refractivity contribution in [2.75, 3.05) is 59.4 Å². The van der Waals surface area contributed by atoms with Gasteiger partial charge in [-0.25, -0.2) is 0 Å². The second kappa shape index (κ2) is 11.3. The van der Waals surface area contributed by atoms with E-state index in [1.165, 1.54) is 44.9 Å². The van der Waals surface area contributed by atoms with E-state index in [0.717, 1.165) is 57.7 Å². The van der Waals surface area contributed by atoms with Gasteiger partial charge in [-0.2, -0.15) is 0 Å². The molecule has 3 fully saturated rings. The van der Waals surface area contributed by atoms with Crippen molar-refractivity contribution in [3.8, 4) is 0 Å². The first-order chi connectivity index (χ1) is 12.3. The minimum Gasteiger partial charge on any atom is -0.356 e. The molecule has 1 saturated carbocycles. The van der Waals surface area contributed by atoms with Crippen LogP contribution in [-0.2, 0) is 4.79 Å². The molecule has 7 heteroatoms. The molecule has 0 aromatic carbocycles. The molecule has 0 unspecified atom stereocenters. The molecule has 26 heavy (non-hydrogen) atoms. The third kappa shape index (κ3) is 6.87. The van der Waals surface area contributed by atoms with Crippen molar-refractivity contribution < 1.29 is 4.79 Å². The van der Waals surface area contributed by atoms with Gasteiger partial charge in [0.1, 0.15) is 0 Å². The normalized spacial score (nSPS) is 22.1. The third-order valence-corrected chi connectivity index (χ3v) is 5.72. The summed E-state index contributed by atoms with van der Waals surface area (Å²) in [5.41, 5.74) is 0. The van der Waals surface area contributed by atoms with Gasteiger partial charge in [0, 0.05) is 52.9 Å². The molecule has 0 radical (unpaired) electrons. The average Bonchev–Trinajstić information content (AvgIpc) is 3.48. The van der Waals surface area contributed by atoms with Crippen LogP contribution in [0.25, 0.3) is 0 Å². The number of piperazine rings is 1. The van der Waals surface area contributed by atoms with Crippen LogP contribution in [0, 0.1) is 5.92 Å². The van der Waals surface area contributed by atoms with E-state index >= 15 is 0 Å². The maximum atomic E-state index is 12.4. The predicted octanol–water partition coefficient (Wildman–Crippen LogP) is 2.00. The summed E-state index contributed by atoms with van der Waals surface area (Å²) in [5.74, 6) is 2.35. The van der Waals surface area contributed by atoms with Crippen LogP contribution in [0.2, 0.25) is 0 Å². The number of piperidine rings is 1. The molecule has 3 rings (SSSR count). The zero-order valence-corrected chi connectivity index (χ0v) is 18.6. The highest BCUT2D eigenvalue weighted by Crippen LogP contribution is 2.33. The molecule has 0 bridgehead atoms. The molecule has 2 saturated heterocycles. The van der Waals surface area contributed by atoms with Crippen molar-refractivity contribution in [3.05, 3.63) is 0 Å². The highest BCUT2D eigenvalue weighted by molar-refractivity contribution is 14.0. The molecule has 1 N–H and O–H groups in total. The van der Waals surface area contributed by atoms with E-state index < -0.39 is 0 Å². The van der Waals surface area contributed by atoms with Crippen LogP contribution in [-0.4, -0.2) is 86.0 Å². The Morgan fingerprint density at radius 3 is 2.31 bits per heavy atom.